The molecule has 0 heterocycles. The molecule has 5 aromatic rings. The lowest BCUT2D eigenvalue weighted by Crippen LogP contribution is -2.05. The summed E-state index contributed by atoms with van der Waals surface area (Å²) in [5, 5.41) is 5.37. The number of rotatable bonds is 0. The molecular formula is C30H24. The largest absolute Gasteiger partial charge is 0.0905 e. The van der Waals surface area contributed by atoms with Gasteiger partial charge in [-0.2, -0.15) is 0 Å². The third-order valence-corrected chi connectivity index (χ3v) is 6.11. The van der Waals surface area contributed by atoms with Crippen molar-refractivity contribution in [2.24, 2.45) is 0 Å². The SMILES string of the molecule is C=C1c2ccccc2Cc2ccccc21.Cc1c2ccccc2cc2ccccc12. The maximum atomic E-state index is 4.20. The quantitative estimate of drug-likeness (QED) is 0.233. The standard InChI is InChI=1S/2C15H12/c2*1-11-14-8-4-2-6-12(14)10-13-7-3-5-9-15(11)13/h2-10H,1H3;2-9H,1,10H2. The minimum atomic E-state index is 1.03. The Morgan fingerprint density at radius 2 is 1.00 bits per heavy atom. The molecule has 0 aromatic heterocycles. The first-order valence-corrected chi connectivity index (χ1v) is 10.4. The second-order valence-corrected chi connectivity index (χ2v) is 7.91. The van der Waals surface area contributed by atoms with Crippen LogP contribution in [-0.2, 0) is 6.42 Å². The number of aryl methyl sites for hydroxylation is 1. The van der Waals surface area contributed by atoms with E-state index in [1.165, 1.54) is 49.4 Å². The van der Waals surface area contributed by atoms with Crippen molar-refractivity contribution in [1.29, 1.82) is 0 Å². The van der Waals surface area contributed by atoms with E-state index in [2.05, 4.69) is 117 Å². The first-order valence-electron chi connectivity index (χ1n) is 10.4. The highest BCUT2D eigenvalue weighted by atomic mass is 14.2. The molecule has 0 saturated heterocycles. The molecule has 1 aliphatic rings. The van der Waals surface area contributed by atoms with E-state index in [1.54, 1.807) is 0 Å². The zero-order valence-corrected chi connectivity index (χ0v) is 17.2. The fourth-order valence-electron chi connectivity index (χ4n) is 4.53. The number of fused-ring (bicyclic) bond motifs is 4. The third-order valence-electron chi connectivity index (χ3n) is 6.11. The van der Waals surface area contributed by atoms with E-state index in [4.69, 9.17) is 0 Å². The predicted octanol–water partition coefficient (Wildman–Crippen LogP) is 7.95. The van der Waals surface area contributed by atoms with Gasteiger partial charge in [-0.3, -0.25) is 0 Å². The van der Waals surface area contributed by atoms with Gasteiger partial charge in [0.25, 0.3) is 0 Å². The van der Waals surface area contributed by atoms with Crippen molar-refractivity contribution in [1.82, 2.24) is 0 Å². The molecule has 1 aliphatic carbocycles. The minimum absolute atomic E-state index is 1.03. The number of hydrogen-bond donors (Lipinski definition) is 0. The monoisotopic (exact) mass is 384 g/mol. The van der Waals surface area contributed by atoms with Crippen LogP contribution in [0.25, 0.3) is 27.1 Å². The van der Waals surface area contributed by atoms with Crippen LogP contribution in [0.15, 0.2) is 110 Å². The summed E-state index contributed by atoms with van der Waals surface area (Å²) in [4.78, 5) is 0. The van der Waals surface area contributed by atoms with E-state index in [0.29, 0.717) is 0 Å². The molecule has 0 heteroatoms. The third kappa shape index (κ3) is 3.21. The number of hydrogen-bond acceptors (Lipinski definition) is 0. The molecule has 30 heavy (non-hydrogen) atoms. The van der Waals surface area contributed by atoms with Crippen molar-refractivity contribution in [2.75, 3.05) is 0 Å². The van der Waals surface area contributed by atoms with Gasteiger partial charge in [-0.05, 0) is 74.3 Å². The zero-order valence-electron chi connectivity index (χ0n) is 17.2. The Kier molecular flexibility index (Phi) is 4.69. The molecule has 0 unspecified atom stereocenters. The van der Waals surface area contributed by atoms with E-state index in [0.717, 1.165) is 12.0 Å². The molecule has 0 amide bonds. The van der Waals surface area contributed by atoms with Gasteiger partial charge in [0.1, 0.15) is 0 Å². The van der Waals surface area contributed by atoms with Crippen LogP contribution in [-0.4, -0.2) is 0 Å². The molecule has 5 aromatic carbocycles. The van der Waals surface area contributed by atoms with Crippen LogP contribution in [0.1, 0.15) is 27.8 Å². The van der Waals surface area contributed by atoms with E-state index >= 15 is 0 Å². The van der Waals surface area contributed by atoms with Gasteiger partial charge < -0.3 is 0 Å². The highest BCUT2D eigenvalue weighted by Gasteiger charge is 2.16. The van der Waals surface area contributed by atoms with Gasteiger partial charge in [0, 0.05) is 0 Å². The molecule has 0 saturated carbocycles. The van der Waals surface area contributed by atoms with E-state index in [-0.39, 0.29) is 0 Å². The molecule has 0 nitrogen and oxygen atoms in total. The summed E-state index contributed by atoms with van der Waals surface area (Å²) in [7, 11) is 0. The fraction of sp³-hybridized carbons (Fsp3) is 0.0667. The predicted molar refractivity (Wildman–Crippen MR) is 130 cm³/mol. The van der Waals surface area contributed by atoms with Gasteiger partial charge in [0.2, 0.25) is 0 Å². The van der Waals surface area contributed by atoms with E-state index < -0.39 is 0 Å². The second kappa shape index (κ2) is 7.65. The lowest BCUT2D eigenvalue weighted by molar-refractivity contribution is 1.14. The van der Waals surface area contributed by atoms with Crippen LogP contribution in [0.3, 0.4) is 0 Å². The van der Waals surface area contributed by atoms with Crippen molar-refractivity contribution in [3.8, 4) is 0 Å². The van der Waals surface area contributed by atoms with Crippen LogP contribution >= 0.6 is 0 Å². The average Bonchev–Trinajstić information content (AvgIpc) is 2.80. The van der Waals surface area contributed by atoms with Crippen molar-refractivity contribution in [3.05, 3.63) is 138 Å². The van der Waals surface area contributed by atoms with Crippen LogP contribution in [0, 0.1) is 6.92 Å². The van der Waals surface area contributed by atoms with Crippen LogP contribution in [0.5, 0.6) is 0 Å². The molecular weight excluding hydrogens is 360 g/mol. The smallest absolute Gasteiger partial charge is 0.00135 e. The van der Waals surface area contributed by atoms with Gasteiger partial charge in [-0.25, -0.2) is 0 Å². The number of benzene rings is 5. The molecule has 0 atom stereocenters. The van der Waals surface area contributed by atoms with Crippen molar-refractivity contribution < 1.29 is 0 Å². The van der Waals surface area contributed by atoms with Crippen LogP contribution < -0.4 is 0 Å². The first-order chi connectivity index (χ1) is 14.7. The summed E-state index contributed by atoms with van der Waals surface area (Å²) in [5.74, 6) is 0. The van der Waals surface area contributed by atoms with Crippen molar-refractivity contribution >= 4 is 27.1 Å². The summed E-state index contributed by atoms with van der Waals surface area (Å²) in [6, 6.07) is 36.4. The molecule has 0 spiro atoms. The second-order valence-electron chi connectivity index (χ2n) is 7.91. The Morgan fingerprint density at radius 1 is 0.567 bits per heavy atom. The van der Waals surface area contributed by atoms with Crippen molar-refractivity contribution in [3.63, 3.8) is 0 Å². The molecule has 0 aliphatic heterocycles. The summed E-state index contributed by atoms with van der Waals surface area (Å²) >= 11 is 0. The summed E-state index contributed by atoms with van der Waals surface area (Å²) in [6.07, 6.45) is 1.03. The van der Waals surface area contributed by atoms with Crippen molar-refractivity contribution in [2.45, 2.75) is 13.3 Å². The maximum absolute atomic E-state index is 4.20. The molecule has 0 bridgehead atoms. The van der Waals surface area contributed by atoms with E-state index in [1.807, 2.05) is 0 Å². The summed E-state index contributed by atoms with van der Waals surface area (Å²) < 4.78 is 0. The van der Waals surface area contributed by atoms with Crippen LogP contribution in [0.4, 0.5) is 0 Å². The summed E-state index contributed by atoms with van der Waals surface area (Å²) in [5.41, 5.74) is 7.92. The average molecular weight is 385 g/mol. The van der Waals surface area contributed by atoms with Gasteiger partial charge in [0.05, 0.1) is 0 Å². The Morgan fingerprint density at radius 3 is 1.53 bits per heavy atom. The Balaban J connectivity index is 0.000000128. The van der Waals surface area contributed by atoms with E-state index in [9.17, 15) is 0 Å². The lowest BCUT2D eigenvalue weighted by Gasteiger charge is -2.21. The normalized spacial score (nSPS) is 12.1. The van der Waals surface area contributed by atoms with Gasteiger partial charge >= 0.3 is 0 Å². The topological polar surface area (TPSA) is 0 Å². The Labute approximate surface area is 178 Å². The zero-order chi connectivity index (χ0) is 20.5. The lowest BCUT2D eigenvalue weighted by atomic mass is 9.83. The highest BCUT2D eigenvalue weighted by Crippen LogP contribution is 2.34. The van der Waals surface area contributed by atoms with Gasteiger partial charge in [0.15, 0.2) is 0 Å². The molecule has 0 fully saturated rings. The fourth-order valence-corrected chi connectivity index (χ4v) is 4.53. The maximum Gasteiger partial charge on any atom is -0.00135 e. The Hall–Kier alpha value is -3.64. The van der Waals surface area contributed by atoms with Gasteiger partial charge in [-0.1, -0.05) is 104 Å². The van der Waals surface area contributed by atoms with Gasteiger partial charge in [-0.15, -0.1) is 0 Å². The molecule has 0 N–H and O–H groups in total. The molecule has 0 radical (unpaired) electrons. The minimum Gasteiger partial charge on any atom is -0.0905 e. The molecule has 6 rings (SSSR count). The Bertz CT molecular complexity index is 1290. The first kappa shape index (κ1) is 18.4. The summed E-state index contributed by atoms with van der Waals surface area (Å²) in [6.45, 7) is 6.40. The van der Waals surface area contributed by atoms with Crippen LogP contribution in [0.2, 0.25) is 0 Å². The highest BCUT2D eigenvalue weighted by molar-refractivity contribution is 6.01. The molecule has 144 valence electrons.